The number of nitrogens with one attached hydrogen (secondary N) is 1. The minimum atomic E-state index is -0.382. The number of para-hydroxylation sites is 1. The summed E-state index contributed by atoms with van der Waals surface area (Å²) in [5.74, 6) is 0.329. The maximum Gasteiger partial charge on any atom is 0.277 e. The molecule has 0 radical (unpaired) electrons. The van der Waals surface area contributed by atoms with Gasteiger partial charge in [-0.3, -0.25) is 4.79 Å². The zero-order chi connectivity index (χ0) is 15.9. The lowest BCUT2D eigenvalue weighted by Crippen LogP contribution is -2.24. The normalized spacial score (nSPS) is 10.6. The number of rotatable bonds is 5. The Morgan fingerprint density at radius 2 is 2.14 bits per heavy atom. The molecular formula is C16H15BrN2O3. The van der Waals surface area contributed by atoms with E-state index in [0.29, 0.717) is 11.3 Å². The number of aryl methyl sites for hydroxylation is 1. The molecule has 0 spiro atoms. The highest BCUT2D eigenvalue weighted by Crippen LogP contribution is 2.21. The highest BCUT2D eigenvalue weighted by atomic mass is 79.9. The molecule has 0 aliphatic carbocycles. The number of nitrogens with zero attached hydrogens (tertiary/aromatic N) is 1. The topological polar surface area (TPSA) is 70.9 Å². The third kappa shape index (κ3) is 4.60. The van der Waals surface area contributed by atoms with Crippen LogP contribution < -0.4 is 10.2 Å². The number of phenols is 1. The first-order valence-corrected chi connectivity index (χ1v) is 7.34. The summed E-state index contributed by atoms with van der Waals surface area (Å²) in [6, 6.07) is 12.2. The number of halogens is 1. The van der Waals surface area contributed by atoms with Crippen molar-refractivity contribution in [3.63, 3.8) is 0 Å². The van der Waals surface area contributed by atoms with Crippen LogP contribution in [-0.4, -0.2) is 23.8 Å². The van der Waals surface area contributed by atoms with Crippen LogP contribution in [0, 0.1) is 6.92 Å². The van der Waals surface area contributed by atoms with E-state index in [-0.39, 0.29) is 18.3 Å². The summed E-state index contributed by atoms with van der Waals surface area (Å²) < 4.78 is 6.36. The average Bonchev–Trinajstić information content (AvgIpc) is 2.50. The lowest BCUT2D eigenvalue weighted by atomic mass is 10.2. The Kier molecular flexibility index (Phi) is 5.55. The van der Waals surface area contributed by atoms with E-state index in [2.05, 4.69) is 26.5 Å². The number of carbonyl (C=O) groups excluding carboxylic acids is 1. The lowest BCUT2D eigenvalue weighted by Gasteiger charge is -2.06. The van der Waals surface area contributed by atoms with E-state index < -0.39 is 0 Å². The first kappa shape index (κ1) is 16.0. The van der Waals surface area contributed by atoms with Gasteiger partial charge in [0, 0.05) is 10.0 Å². The number of carbonyl (C=O) groups is 1. The summed E-state index contributed by atoms with van der Waals surface area (Å²) in [6.07, 6.45) is 1.37. The van der Waals surface area contributed by atoms with Crippen LogP contribution in [0.1, 0.15) is 11.1 Å². The van der Waals surface area contributed by atoms with Crippen molar-refractivity contribution in [2.75, 3.05) is 6.61 Å². The van der Waals surface area contributed by atoms with Gasteiger partial charge in [-0.2, -0.15) is 5.10 Å². The molecule has 6 heteroatoms. The van der Waals surface area contributed by atoms with Gasteiger partial charge in [0.15, 0.2) is 6.61 Å². The van der Waals surface area contributed by atoms with Gasteiger partial charge in [0.2, 0.25) is 0 Å². The van der Waals surface area contributed by atoms with Crippen molar-refractivity contribution in [3.8, 4) is 11.5 Å². The Balaban J connectivity index is 1.83. The highest BCUT2D eigenvalue weighted by Gasteiger charge is 2.03. The second-order valence-electron chi connectivity index (χ2n) is 4.55. The highest BCUT2D eigenvalue weighted by molar-refractivity contribution is 9.10. The third-order valence-corrected chi connectivity index (χ3v) is 3.72. The molecule has 0 aliphatic heterocycles. The van der Waals surface area contributed by atoms with E-state index in [1.165, 1.54) is 6.21 Å². The van der Waals surface area contributed by atoms with Gasteiger partial charge < -0.3 is 9.84 Å². The Labute approximate surface area is 136 Å². The Hall–Kier alpha value is -2.34. The standard InChI is InChI=1S/C16H15BrN2O3/c1-11-8-13(6-7-14(11)17)22-10-16(21)19-18-9-12-4-2-3-5-15(12)20/h2-9,20H,10H2,1H3,(H,19,21). The molecule has 0 aromatic heterocycles. The van der Waals surface area contributed by atoms with Crippen LogP contribution in [0.3, 0.4) is 0 Å². The first-order valence-electron chi connectivity index (χ1n) is 6.55. The number of ether oxygens (including phenoxy) is 1. The van der Waals surface area contributed by atoms with Crippen LogP contribution in [0.2, 0.25) is 0 Å². The third-order valence-electron chi connectivity index (χ3n) is 2.83. The number of aromatic hydroxyl groups is 1. The summed E-state index contributed by atoms with van der Waals surface area (Å²) in [4.78, 5) is 11.6. The number of hydrogen-bond acceptors (Lipinski definition) is 4. The molecule has 5 nitrogen and oxygen atoms in total. The summed E-state index contributed by atoms with van der Waals surface area (Å²) in [6.45, 7) is 1.80. The molecule has 0 atom stereocenters. The van der Waals surface area contributed by atoms with Gasteiger partial charge in [0.05, 0.1) is 6.21 Å². The van der Waals surface area contributed by atoms with Crippen LogP contribution in [0.25, 0.3) is 0 Å². The number of benzene rings is 2. The Morgan fingerprint density at radius 1 is 1.36 bits per heavy atom. The van der Waals surface area contributed by atoms with Crippen molar-refractivity contribution in [2.45, 2.75) is 6.92 Å². The van der Waals surface area contributed by atoms with E-state index in [9.17, 15) is 9.90 Å². The smallest absolute Gasteiger partial charge is 0.277 e. The van der Waals surface area contributed by atoms with Gasteiger partial charge in [-0.15, -0.1) is 0 Å². The fraction of sp³-hybridized carbons (Fsp3) is 0.125. The van der Waals surface area contributed by atoms with Crippen molar-refractivity contribution < 1.29 is 14.6 Å². The van der Waals surface area contributed by atoms with Gasteiger partial charge in [0.1, 0.15) is 11.5 Å². The molecule has 0 heterocycles. The molecule has 2 aromatic rings. The minimum absolute atomic E-state index is 0.0992. The lowest BCUT2D eigenvalue weighted by molar-refractivity contribution is -0.123. The molecule has 0 fully saturated rings. The molecule has 22 heavy (non-hydrogen) atoms. The maximum absolute atomic E-state index is 11.6. The number of hydrogen-bond donors (Lipinski definition) is 2. The zero-order valence-electron chi connectivity index (χ0n) is 11.9. The van der Waals surface area contributed by atoms with Crippen molar-refractivity contribution in [1.29, 1.82) is 0 Å². The Morgan fingerprint density at radius 3 is 2.86 bits per heavy atom. The molecule has 0 bridgehead atoms. The van der Waals surface area contributed by atoms with E-state index in [1.54, 1.807) is 30.3 Å². The van der Waals surface area contributed by atoms with Gasteiger partial charge in [-0.1, -0.05) is 28.1 Å². The predicted octanol–water partition coefficient (Wildman–Crippen LogP) is 2.99. The van der Waals surface area contributed by atoms with E-state index in [1.807, 2.05) is 19.1 Å². The van der Waals surface area contributed by atoms with Gasteiger partial charge in [0.25, 0.3) is 5.91 Å². The molecule has 2 rings (SSSR count). The molecule has 2 aromatic carbocycles. The van der Waals surface area contributed by atoms with Gasteiger partial charge in [-0.25, -0.2) is 5.43 Å². The van der Waals surface area contributed by atoms with Crippen molar-refractivity contribution in [3.05, 3.63) is 58.1 Å². The monoisotopic (exact) mass is 362 g/mol. The minimum Gasteiger partial charge on any atom is -0.507 e. The average molecular weight is 363 g/mol. The first-order chi connectivity index (χ1) is 10.6. The van der Waals surface area contributed by atoms with Crippen LogP contribution in [-0.2, 0) is 4.79 Å². The van der Waals surface area contributed by atoms with Gasteiger partial charge >= 0.3 is 0 Å². The molecule has 0 saturated carbocycles. The molecule has 1 amide bonds. The summed E-state index contributed by atoms with van der Waals surface area (Å²) >= 11 is 3.40. The summed E-state index contributed by atoms with van der Waals surface area (Å²) in [5, 5.41) is 13.3. The zero-order valence-corrected chi connectivity index (χ0v) is 13.5. The van der Waals surface area contributed by atoms with E-state index in [4.69, 9.17) is 4.74 Å². The summed E-state index contributed by atoms with van der Waals surface area (Å²) in [7, 11) is 0. The van der Waals surface area contributed by atoms with Crippen molar-refractivity contribution in [1.82, 2.24) is 5.43 Å². The summed E-state index contributed by atoms with van der Waals surface area (Å²) in [5.41, 5.74) is 3.88. The molecular weight excluding hydrogens is 348 g/mol. The number of phenolic OH excluding ortho intramolecular Hbond substituents is 1. The molecule has 0 aliphatic rings. The van der Waals surface area contributed by atoms with E-state index in [0.717, 1.165) is 10.0 Å². The molecule has 114 valence electrons. The molecule has 2 N–H and O–H groups in total. The maximum atomic E-state index is 11.6. The predicted molar refractivity (Wildman–Crippen MR) is 88.2 cm³/mol. The number of hydrazone groups is 1. The molecule has 0 unspecified atom stereocenters. The van der Waals surface area contributed by atoms with Crippen LogP contribution in [0.15, 0.2) is 52.0 Å². The van der Waals surface area contributed by atoms with Crippen LogP contribution in [0.4, 0.5) is 0 Å². The van der Waals surface area contributed by atoms with E-state index >= 15 is 0 Å². The fourth-order valence-corrected chi connectivity index (χ4v) is 1.91. The largest absolute Gasteiger partial charge is 0.507 e. The fourth-order valence-electron chi connectivity index (χ4n) is 1.66. The molecule has 0 saturated heterocycles. The Bertz CT molecular complexity index is 702. The second kappa shape index (κ2) is 7.61. The van der Waals surface area contributed by atoms with Crippen molar-refractivity contribution in [2.24, 2.45) is 5.10 Å². The van der Waals surface area contributed by atoms with Crippen molar-refractivity contribution >= 4 is 28.1 Å². The quantitative estimate of drug-likeness (QED) is 0.634. The van der Waals surface area contributed by atoms with Crippen LogP contribution >= 0.6 is 15.9 Å². The van der Waals surface area contributed by atoms with Crippen LogP contribution in [0.5, 0.6) is 11.5 Å². The second-order valence-corrected chi connectivity index (χ2v) is 5.41. The SMILES string of the molecule is Cc1cc(OCC(=O)NN=Cc2ccccc2O)ccc1Br. The van der Waals surface area contributed by atoms with Gasteiger partial charge in [-0.05, 0) is 42.8 Å². The number of amides is 1.